The molecule has 0 saturated carbocycles. The van der Waals surface area contributed by atoms with Gasteiger partial charge in [-0.05, 0) is 24.1 Å². The number of rotatable bonds is 4. The Labute approximate surface area is 93.4 Å². The molecular weight excluding hydrogens is 212 g/mol. The van der Waals surface area contributed by atoms with Gasteiger partial charge < -0.3 is 9.84 Å². The Bertz CT molecular complexity index is 350. The quantitative estimate of drug-likeness (QED) is 0.627. The van der Waals surface area contributed by atoms with Crippen molar-refractivity contribution in [3.63, 3.8) is 0 Å². The molecule has 1 N–H and O–H groups in total. The zero-order valence-corrected chi connectivity index (χ0v) is 9.63. The number of carbonyl (C=O) groups excluding carboxylic acids is 1. The lowest BCUT2D eigenvalue weighted by molar-refractivity contribution is -0.137. The van der Waals surface area contributed by atoms with Crippen molar-refractivity contribution in [3.05, 3.63) is 29.3 Å². The molecule has 1 aromatic carbocycles. The Morgan fingerprint density at radius 1 is 1.53 bits per heavy atom. The predicted octanol–water partition coefficient (Wildman–Crippen LogP) is 1.75. The fourth-order valence-corrected chi connectivity index (χ4v) is 2.01. The SMILES string of the molecule is COC(=O)CSc1ccc(CO)cc1C. The standard InChI is InChI=1S/C11H14O3S/c1-8-5-9(6-12)3-4-10(8)15-7-11(13)14-2/h3-5,12H,6-7H2,1-2H3. The van der Waals surface area contributed by atoms with E-state index in [4.69, 9.17) is 5.11 Å². The first kappa shape index (κ1) is 12.1. The summed E-state index contributed by atoms with van der Waals surface area (Å²) in [5.74, 6) is 0.0844. The third-order valence-electron chi connectivity index (χ3n) is 2.00. The molecule has 0 aliphatic rings. The minimum atomic E-state index is -0.231. The van der Waals surface area contributed by atoms with Gasteiger partial charge in [0.05, 0.1) is 19.5 Å². The Kier molecular flexibility index (Phi) is 4.65. The zero-order chi connectivity index (χ0) is 11.3. The second-order valence-electron chi connectivity index (χ2n) is 3.12. The van der Waals surface area contributed by atoms with Gasteiger partial charge in [0, 0.05) is 4.90 Å². The Balaban J connectivity index is 2.66. The number of benzene rings is 1. The lowest BCUT2D eigenvalue weighted by Gasteiger charge is -2.06. The lowest BCUT2D eigenvalue weighted by atomic mass is 10.1. The van der Waals surface area contributed by atoms with Crippen molar-refractivity contribution in [2.45, 2.75) is 18.4 Å². The normalized spacial score (nSPS) is 10.1. The molecule has 0 heterocycles. The first-order valence-corrected chi connectivity index (χ1v) is 5.56. The summed E-state index contributed by atoms with van der Waals surface area (Å²) in [6, 6.07) is 5.68. The maximum atomic E-state index is 10.9. The molecule has 0 aromatic heterocycles. The number of hydrogen-bond acceptors (Lipinski definition) is 4. The van der Waals surface area contributed by atoms with Crippen LogP contribution in [0.2, 0.25) is 0 Å². The molecule has 0 fully saturated rings. The molecule has 0 atom stereocenters. The topological polar surface area (TPSA) is 46.5 Å². The number of esters is 1. The molecule has 1 rings (SSSR count). The molecule has 3 nitrogen and oxygen atoms in total. The fraction of sp³-hybridized carbons (Fsp3) is 0.364. The van der Waals surface area contributed by atoms with Gasteiger partial charge in [-0.1, -0.05) is 12.1 Å². The molecule has 0 bridgehead atoms. The minimum absolute atomic E-state index is 0.0444. The molecule has 0 unspecified atom stereocenters. The number of aliphatic hydroxyl groups is 1. The van der Waals surface area contributed by atoms with E-state index in [0.717, 1.165) is 16.0 Å². The highest BCUT2D eigenvalue weighted by Gasteiger charge is 2.04. The van der Waals surface area contributed by atoms with Gasteiger partial charge in [-0.15, -0.1) is 11.8 Å². The van der Waals surface area contributed by atoms with E-state index >= 15 is 0 Å². The molecule has 0 aliphatic heterocycles. The van der Waals surface area contributed by atoms with E-state index in [0.29, 0.717) is 5.75 Å². The molecule has 4 heteroatoms. The van der Waals surface area contributed by atoms with Gasteiger partial charge in [-0.3, -0.25) is 4.79 Å². The highest BCUT2D eigenvalue weighted by molar-refractivity contribution is 8.00. The summed E-state index contributed by atoms with van der Waals surface area (Å²) in [5.41, 5.74) is 1.95. The maximum absolute atomic E-state index is 10.9. The second-order valence-corrected chi connectivity index (χ2v) is 4.14. The van der Waals surface area contributed by atoms with Gasteiger partial charge in [-0.2, -0.15) is 0 Å². The van der Waals surface area contributed by atoms with Crippen molar-refractivity contribution in [3.8, 4) is 0 Å². The largest absolute Gasteiger partial charge is 0.468 e. The third-order valence-corrected chi connectivity index (χ3v) is 3.14. The summed E-state index contributed by atoms with van der Waals surface area (Å²) in [5, 5.41) is 8.93. The van der Waals surface area contributed by atoms with Gasteiger partial charge in [0.25, 0.3) is 0 Å². The van der Waals surface area contributed by atoms with Crippen LogP contribution in [0, 0.1) is 6.92 Å². The fourth-order valence-electron chi connectivity index (χ4n) is 1.17. The van der Waals surface area contributed by atoms with Crippen LogP contribution in [0.5, 0.6) is 0 Å². The average molecular weight is 226 g/mol. The van der Waals surface area contributed by atoms with E-state index in [1.807, 2.05) is 25.1 Å². The van der Waals surface area contributed by atoms with Crippen molar-refractivity contribution >= 4 is 17.7 Å². The van der Waals surface area contributed by atoms with Crippen molar-refractivity contribution < 1.29 is 14.6 Å². The van der Waals surface area contributed by atoms with Crippen LogP contribution < -0.4 is 0 Å². The maximum Gasteiger partial charge on any atom is 0.315 e. The van der Waals surface area contributed by atoms with Crippen LogP contribution in [0.3, 0.4) is 0 Å². The number of thioether (sulfide) groups is 1. The molecule has 0 amide bonds. The average Bonchev–Trinajstić information content (AvgIpc) is 2.26. The summed E-state index contributed by atoms with van der Waals surface area (Å²) in [6.07, 6.45) is 0. The predicted molar refractivity (Wildman–Crippen MR) is 59.8 cm³/mol. The van der Waals surface area contributed by atoms with Gasteiger partial charge in [0.2, 0.25) is 0 Å². The third kappa shape index (κ3) is 3.57. The van der Waals surface area contributed by atoms with E-state index < -0.39 is 0 Å². The summed E-state index contributed by atoms with van der Waals surface area (Å²) < 4.78 is 4.56. The van der Waals surface area contributed by atoms with Crippen LogP contribution in [-0.2, 0) is 16.1 Å². The second kappa shape index (κ2) is 5.78. The van der Waals surface area contributed by atoms with Gasteiger partial charge in [-0.25, -0.2) is 0 Å². The molecule has 15 heavy (non-hydrogen) atoms. The molecule has 0 aliphatic carbocycles. The minimum Gasteiger partial charge on any atom is -0.468 e. The Morgan fingerprint density at radius 3 is 2.80 bits per heavy atom. The first-order chi connectivity index (χ1) is 7.17. The highest BCUT2D eigenvalue weighted by atomic mass is 32.2. The van der Waals surface area contributed by atoms with Crippen LogP contribution >= 0.6 is 11.8 Å². The number of hydrogen-bond donors (Lipinski definition) is 1. The van der Waals surface area contributed by atoms with Crippen LogP contribution in [0.15, 0.2) is 23.1 Å². The van der Waals surface area contributed by atoms with Crippen molar-refractivity contribution in [2.75, 3.05) is 12.9 Å². The van der Waals surface area contributed by atoms with Gasteiger partial charge in [0.1, 0.15) is 0 Å². The van der Waals surface area contributed by atoms with E-state index in [2.05, 4.69) is 4.74 Å². The number of ether oxygens (including phenoxy) is 1. The lowest BCUT2D eigenvalue weighted by Crippen LogP contribution is -2.03. The van der Waals surface area contributed by atoms with Crippen LogP contribution in [0.4, 0.5) is 0 Å². The summed E-state index contributed by atoms with van der Waals surface area (Å²) in [4.78, 5) is 12.0. The number of methoxy groups -OCH3 is 1. The van der Waals surface area contributed by atoms with Crippen LogP contribution in [0.25, 0.3) is 0 Å². The van der Waals surface area contributed by atoms with E-state index in [1.165, 1.54) is 18.9 Å². The molecular formula is C11H14O3S. The Morgan fingerprint density at radius 2 is 2.27 bits per heavy atom. The van der Waals surface area contributed by atoms with Crippen molar-refractivity contribution in [1.29, 1.82) is 0 Å². The monoisotopic (exact) mass is 226 g/mol. The summed E-state index contributed by atoms with van der Waals surface area (Å²) in [6.45, 7) is 2.00. The molecule has 1 aromatic rings. The van der Waals surface area contributed by atoms with Crippen LogP contribution in [-0.4, -0.2) is 23.9 Å². The van der Waals surface area contributed by atoms with E-state index in [1.54, 1.807) is 0 Å². The molecule has 82 valence electrons. The van der Waals surface area contributed by atoms with Gasteiger partial charge >= 0.3 is 5.97 Å². The smallest absolute Gasteiger partial charge is 0.315 e. The van der Waals surface area contributed by atoms with Crippen molar-refractivity contribution in [1.82, 2.24) is 0 Å². The summed E-state index contributed by atoms with van der Waals surface area (Å²) >= 11 is 1.44. The van der Waals surface area contributed by atoms with E-state index in [-0.39, 0.29) is 12.6 Å². The summed E-state index contributed by atoms with van der Waals surface area (Å²) in [7, 11) is 1.38. The highest BCUT2D eigenvalue weighted by Crippen LogP contribution is 2.23. The number of carbonyl (C=O) groups is 1. The van der Waals surface area contributed by atoms with Crippen molar-refractivity contribution in [2.24, 2.45) is 0 Å². The number of aryl methyl sites for hydroxylation is 1. The van der Waals surface area contributed by atoms with Crippen LogP contribution in [0.1, 0.15) is 11.1 Å². The van der Waals surface area contributed by atoms with Gasteiger partial charge in [0.15, 0.2) is 0 Å². The molecule has 0 radical (unpaired) electrons. The number of aliphatic hydroxyl groups excluding tert-OH is 1. The van der Waals surface area contributed by atoms with E-state index in [9.17, 15) is 4.79 Å². The zero-order valence-electron chi connectivity index (χ0n) is 8.82. The molecule has 0 saturated heterocycles. The molecule has 0 spiro atoms. The first-order valence-electron chi connectivity index (χ1n) is 4.57. The Hall–Kier alpha value is -1.00.